The van der Waals surface area contributed by atoms with Crippen LogP contribution in [0.15, 0.2) is 24.4 Å². The van der Waals surface area contributed by atoms with Crippen LogP contribution < -0.4 is 10.5 Å². The fraction of sp³-hybridized carbons (Fsp3) is 0.182. The van der Waals surface area contributed by atoms with E-state index in [0.717, 1.165) is 16.8 Å². The van der Waals surface area contributed by atoms with Gasteiger partial charge in [0.05, 0.1) is 12.8 Å². The molecule has 0 aliphatic heterocycles. The Kier molecular flexibility index (Phi) is 3.23. The average molecular weight is 253 g/mol. The molecule has 0 unspecified atom stereocenters. The third-order valence-corrected chi connectivity index (χ3v) is 2.79. The molecule has 0 aliphatic rings. The number of halogens is 1. The van der Waals surface area contributed by atoms with Crippen molar-refractivity contribution in [1.82, 2.24) is 9.19 Å². The second-order valence-corrected chi connectivity index (χ2v) is 4.07. The van der Waals surface area contributed by atoms with Crippen LogP contribution >= 0.6 is 12.3 Å². The molecule has 0 bridgehead atoms. The molecule has 1 heterocycles. The minimum absolute atomic E-state index is 0.0551. The first-order chi connectivity index (χ1) is 8.15. The third kappa shape index (κ3) is 2.21. The van der Waals surface area contributed by atoms with Gasteiger partial charge in [0.15, 0.2) is 12.3 Å². The van der Waals surface area contributed by atoms with Crippen LogP contribution in [-0.4, -0.2) is 16.3 Å². The summed E-state index contributed by atoms with van der Waals surface area (Å²) in [6, 6.07) is 5.34. The molecule has 2 aromatic rings. The number of anilines is 1. The minimum atomic E-state index is 0.0551. The number of nitrogens with two attached hydrogens (primary N) is 1. The molecule has 17 heavy (non-hydrogen) atoms. The van der Waals surface area contributed by atoms with Gasteiger partial charge in [0.2, 0.25) is 0 Å². The van der Waals surface area contributed by atoms with Gasteiger partial charge in [-0.25, -0.2) is 0 Å². The van der Waals surface area contributed by atoms with Crippen LogP contribution in [0, 0.1) is 6.92 Å². The van der Waals surface area contributed by atoms with E-state index in [1.807, 2.05) is 13.0 Å². The number of ether oxygens (including phenoxy) is 1. The predicted octanol–water partition coefficient (Wildman–Crippen LogP) is 2.83. The molecule has 1 aromatic heterocycles. The molecule has 0 fully saturated rings. The van der Waals surface area contributed by atoms with Crippen LogP contribution in [-0.2, 0) is 0 Å². The summed E-state index contributed by atoms with van der Waals surface area (Å²) in [4.78, 5) is 0. The molecular weight excluding hydrogens is 241 g/mol. The summed E-state index contributed by atoms with van der Waals surface area (Å²) in [6.07, 6.45) is 1.62. The lowest BCUT2D eigenvalue weighted by molar-refractivity contribution is 0.416. The van der Waals surface area contributed by atoms with E-state index in [-0.39, 0.29) is 12.3 Å². The highest BCUT2D eigenvalue weighted by Crippen LogP contribution is 2.33. The maximum atomic E-state index is 12.4. The maximum Gasteiger partial charge on any atom is 0.187 e. The van der Waals surface area contributed by atoms with Gasteiger partial charge < -0.3 is 10.5 Å². The molecule has 0 amide bonds. The van der Waals surface area contributed by atoms with Crippen LogP contribution in [0.1, 0.15) is 5.69 Å². The van der Waals surface area contributed by atoms with E-state index in [0.29, 0.717) is 11.4 Å². The number of nitrogen functional groups attached to an aromatic ring is 1. The van der Waals surface area contributed by atoms with Crippen molar-refractivity contribution in [2.45, 2.75) is 6.92 Å². The Labute approximate surface area is 103 Å². The molecule has 0 spiro atoms. The lowest BCUT2D eigenvalue weighted by Crippen LogP contribution is -1.91. The number of methoxy groups -OCH3 is 1. The van der Waals surface area contributed by atoms with Crippen LogP contribution in [0.4, 0.5) is 9.57 Å². The SMILES string of the molecule is COc1cc(N)ccc1-c1cn(SF)nc1C. The van der Waals surface area contributed by atoms with E-state index >= 15 is 0 Å². The van der Waals surface area contributed by atoms with Gasteiger partial charge in [0, 0.05) is 29.1 Å². The van der Waals surface area contributed by atoms with Crippen molar-refractivity contribution in [1.29, 1.82) is 0 Å². The van der Waals surface area contributed by atoms with Gasteiger partial charge in [-0.1, -0.05) is 0 Å². The number of rotatable bonds is 3. The van der Waals surface area contributed by atoms with Crippen molar-refractivity contribution < 1.29 is 8.62 Å². The monoisotopic (exact) mass is 253 g/mol. The molecule has 0 saturated carbocycles. The first-order valence-corrected chi connectivity index (χ1v) is 5.62. The molecule has 6 heteroatoms. The summed E-state index contributed by atoms with van der Waals surface area (Å²) in [5, 5.41) is 4.02. The fourth-order valence-corrected chi connectivity index (χ4v) is 1.96. The van der Waals surface area contributed by atoms with Crippen molar-refractivity contribution in [3.63, 3.8) is 0 Å². The third-order valence-electron chi connectivity index (χ3n) is 2.46. The molecule has 90 valence electrons. The van der Waals surface area contributed by atoms with Crippen molar-refractivity contribution >= 4 is 18.0 Å². The highest BCUT2D eigenvalue weighted by Gasteiger charge is 2.12. The van der Waals surface area contributed by atoms with Gasteiger partial charge in [-0.15, -0.1) is 3.89 Å². The van der Waals surface area contributed by atoms with Gasteiger partial charge >= 0.3 is 0 Å². The number of aryl methyl sites for hydroxylation is 1. The zero-order valence-electron chi connectivity index (χ0n) is 9.48. The summed E-state index contributed by atoms with van der Waals surface area (Å²) in [5.74, 6) is 0.650. The summed E-state index contributed by atoms with van der Waals surface area (Å²) < 4.78 is 18.9. The molecule has 1 aromatic carbocycles. The Bertz CT molecular complexity index is 542. The van der Waals surface area contributed by atoms with E-state index in [2.05, 4.69) is 5.10 Å². The Balaban J connectivity index is 2.55. The molecule has 4 nitrogen and oxygen atoms in total. The minimum Gasteiger partial charge on any atom is -0.496 e. The van der Waals surface area contributed by atoms with E-state index in [1.165, 1.54) is 4.09 Å². The quantitative estimate of drug-likeness (QED) is 0.855. The number of aromatic nitrogens is 2. The zero-order chi connectivity index (χ0) is 12.4. The standard InChI is InChI=1S/C11H12FN3OS/c1-7-10(6-15(14-7)17-12)9-4-3-8(13)5-11(9)16-2/h3-6H,13H2,1-2H3. The van der Waals surface area contributed by atoms with Gasteiger partial charge in [0.1, 0.15) is 5.75 Å². The summed E-state index contributed by atoms with van der Waals surface area (Å²) in [6.45, 7) is 1.82. The zero-order valence-corrected chi connectivity index (χ0v) is 10.3. The van der Waals surface area contributed by atoms with Crippen molar-refractivity contribution in [2.24, 2.45) is 0 Å². The van der Waals surface area contributed by atoms with E-state index in [4.69, 9.17) is 10.5 Å². The lowest BCUT2D eigenvalue weighted by atomic mass is 10.1. The van der Waals surface area contributed by atoms with Gasteiger partial charge in [-0.05, 0) is 19.1 Å². The molecule has 0 saturated heterocycles. The molecule has 0 aliphatic carbocycles. The largest absolute Gasteiger partial charge is 0.496 e. The van der Waals surface area contributed by atoms with Crippen LogP contribution in [0.5, 0.6) is 5.75 Å². The average Bonchev–Trinajstić information content (AvgIpc) is 2.70. The molecule has 2 N–H and O–H groups in total. The van der Waals surface area contributed by atoms with Crippen molar-refractivity contribution in [3.05, 3.63) is 30.1 Å². The number of hydrogen-bond donors (Lipinski definition) is 1. The summed E-state index contributed by atoms with van der Waals surface area (Å²) in [5.41, 5.74) is 8.71. The predicted molar refractivity (Wildman–Crippen MR) is 67.5 cm³/mol. The smallest absolute Gasteiger partial charge is 0.187 e. The number of benzene rings is 1. The fourth-order valence-electron chi connectivity index (χ4n) is 1.66. The Morgan fingerprint density at radius 3 is 2.76 bits per heavy atom. The molecule has 0 radical (unpaired) electrons. The van der Waals surface area contributed by atoms with Crippen LogP contribution in [0.2, 0.25) is 0 Å². The normalized spacial score (nSPS) is 10.5. The van der Waals surface area contributed by atoms with Gasteiger partial charge in [-0.3, -0.25) is 0 Å². The first-order valence-electron chi connectivity index (χ1n) is 4.95. The highest BCUT2D eigenvalue weighted by molar-refractivity contribution is 7.92. The van der Waals surface area contributed by atoms with Crippen molar-refractivity contribution in [2.75, 3.05) is 12.8 Å². The summed E-state index contributed by atoms with van der Waals surface area (Å²) >= 11 is 0.0551. The Morgan fingerprint density at radius 1 is 1.41 bits per heavy atom. The van der Waals surface area contributed by atoms with Crippen molar-refractivity contribution in [3.8, 4) is 16.9 Å². The Morgan fingerprint density at radius 2 is 2.18 bits per heavy atom. The number of hydrogen-bond acceptors (Lipinski definition) is 4. The molecule has 0 atom stereocenters. The second-order valence-electron chi connectivity index (χ2n) is 3.56. The highest BCUT2D eigenvalue weighted by atomic mass is 32.2. The van der Waals surface area contributed by atoms with Crippen LogP contribution in [0.25, 0.3) is 11.1 Å². The van der Waals surface area contributed by atoms with E-state index < -0.39 is 0 Å². The summed E-state index contributed by atoms with van der Waals surface area (Å²) in [7, 11) is 1.57. The lowest BCUT2D eigenvalue weighted by Gasteiger charge is -2.08. The first kappa shape index (κ1) is 11.8. The Hall–Kier alpha value is -1.69. The van der Waals surface area contributed by atoms with Gasteiger partial charge in [0.25, 0.3) is 0 Å². The maximum absolute atomic E-state index is 12.4. The molecular formula is C11H12FN3OS. The van der Waals surface area contributed by atoms with E-state index in [9.17, 15) is 3.89 Å². The van der Waals surface area contributed by atoms with Crippen LogP contribution in [0.3, 0.4) is 0 Å². The topological polar surface area (TPSA) is 53.1 Å². The molecule has 2 rings (SSSR count). The van der Waals surface area contributed by atoms with Gasteiger partial charge in [-0.2, -0.15) is 9.19 Å². The van der Waals surface area contributed by atoms with E-state index in [1.54, 1.807) is 25.4 Å². The number of nitrogens with zero attached hydrogens (tertiary/aromatic N) is 2. The second kappa shape index (κ2) is 4.67.